The summed E-state index contributed by atoms with van der Waals surface area (Å²) in [6.07, 6.45) is 2.43. The summed E-state index contributed by atoms with van der Waals surface area (Å²) < 4.78 is 8.00. The van der Waals surface area contributed by atoms with E-state index in [9.17, 15) is 0 Å². The maximum Gasteiger partial charge on any atom is 0.0743 e. The molecule has 0 N–H and O–H groups in total. The fraction of sp³-hybridized carbons (Fsp3) is 0.600. The zero-order valence-electron chi connectivity index (χ0n) is 8.35. The fourth-order valence-corrected chi connectivity index (χ4v) is 3.95. The molecule has 0 aliphatic rings. The quantitative estimate of drug-likeness (QED) is 0.758. The van der Waals surface area contributed by atoms with Crippen LogP contribution in [0.4, 0.5) is 0 Å². The zero-order valence-corrected chi connectivity index (χ0v) is 12.3. The molecule has 80 valence electrons. The smallest absolute Gasteiger partial charge is 0.0743 e. The van der Waals surface area contributed by atoms with Crippen molar-refractivity contribution < 1.29 is 4.74 Å². The molecule has 1 aromatic heterocycles. The Kier molecular flexibility index (Phi) is 5.67. The number of hydrogen-bond donors (Lipinski definition) is 0. The van der Waals surface area contributed by atoms with Gasteiger partial charge in [-0.3, -0.25) is 0 Å². The molecule has 0 radical (unpaired) electrons. The lowest BCUT2D eigenvalue weighted by atomic mass is 10.2. The Balaban J connectivity index is 2.34. The average Bonchev–Trinajstić information content (AvgIpc) is 2.45. The van der Waals surface area contributed by atoms with E-state index < -0.39 is 0 Å². The van der Waals surface area contributed by atoms with E-state index >= 15 is 0 Å². The van der Waals surface area contributed by atoms with Gasteiger partial charge < -0.3 is 4.74 Å². The number of halogens is 2. The lowest BCUT2D eigenvalue weighted by molar-refractivity contribution is 0.0659. The molecule has 1 heterocycles. The van der Waals surface area contributed by atoms with E-state index in [0.29, 0.717) is 6.10 Å². The summed E-state index contributed by atoms with van der Waals surface area (Å²) in [4.78, 5) is 0. The summed E-state index contributed by atoms with van der Waals surface area (Å²) in [5.74, 6) is 0. The predicted molar refractivity (Wildman–Crippen MR) is 69.1 cm³/mol. The van der Waals surface area contributed by atoms with Gasteiger partial charge in [0.1, 0.15) is 0 Å². The minimum atomic E-state index is 0.371. The van der Waals surface area contributed by atoms with Crippen molar-refractivity contribution in [1.29, 1.82) is 0 Å². The van der Waals surface area contributed by atoms with E-state index in [1.54, 1.807) is 11.3 Å². The normalized spacial score (nSPS) is 13.1. The van der Waals surface area contributed by atoms with Crippen LogP contribution in [0.15, 0.2) is 13.6 Å². The Morgan fingerprint density at radius 2 is 2.21 bits per heavy atom. The number of rotatable bonds is 5. The van der Waals surface area contributed by atoms with Crippen LogP contribution >= 0.6 is 43.2 Å². The molecule has 0 bridgehead atoms. The predicted octanol–water partition coefficient (Wildman–Crippen LogP) is 4.63. The van der Waals surface area contributed by atoms with Crippen LogP contribution in [0.25, 0.3) is 0 Å². The Hall–Kier alpha value is 0.620. The molecule has 1 aromatic rings. The first-order valence-corrected chi connectivity index (χ1v) is 7.09. The van der Waals surface area contributed by atoms with Gasteiger partial charge in [0.25, 0.3) is 0 Å². The van der Waals surface area contributed by atoms with E-state index in [1.807, 2.05) is 0 Å². The molecule has 0 spiro atoms. The molecular weight excluding hydrogens is 328 g/mol. The second-order valence-corrected chi connectivity index (χ2v) is 6.94. The Morgan fingerprint density at radius 1 is 1.50 bits per heavy atom. The van der Waals surface area contributed by atoms with Crippen molar-refractivity contribution in [3.63, 3.8) is 0 Å². The molecule has 0 aliphatic heterocycles. The van der Waals surface area contributed by atoms with Crippen molar-refractivity contribution in [3.8, 4) is 0 Å². The van der Waals surface area contributed by atoms with E-state index in [0.717, 1.165) is 19.4 Å². The van der Waals surface area contributed by atoms with Gasteiger partial charge in [-0.15, -0.1) is 11.3 Å². The van der Waals surface area contributed by atoms with Gasteiger partial charge in [0, 0.05) is 0 Å². The molecule has 0 saturated carbocycles. The first kappa shape index (κ1) is 12.7. The van der Waals surface area contributed by atoms with E-state index in [4.69, 9.17) is 4.74 Å². The fourth-order valence-electron chi connectivity index (χ4n) is 1.03. The van der Waals surface area contributed by atoms with E-state index in [2.05, 4.69) is 51.8 Å². The van der Waals surface area contributed by atoms with Crippen LogP contribution < -0.4 is 0 Å². The minimum absolute atomic E-state index is 0.371. The largest absolute Gasteiger partial charge is 0.378 e. The average molecular weight is 342 g/mol. The van der Waals surface area contributed by atoms with Gasteiger partial charge in [0.15, 0.2) is 0 Å². The Bertz CT molecular complexity index is 286. The minimum Gasteiger partial charge on any atom is -0.378 e. The molecule has 1 rings (SSSR count). The lowest BCUT2D eigenvalue weighted by Gasteiger charge is -2.09. The summed E-state index contributed by atoms with van der Waals surface area (Å²) in [5.41, 5.74) is 1.32. The first-order chi connectivity index (χ1) is 6.63. The molecular formula is C10H14Br2OS. The highest BCUT2D eigenvalue weighted by Crippen LogP contribution is 2.32. The van der Waals surface area contributed by atoms with Crippen LogP contribution in [0.5, 0.6) is 0 Å². The molecule has 1 atom stereocenters. The third-order valence-electron chi connectivity index (χ3n) is 2.08. The van der Waals surface area contributed by atoms with Gasteiger partial charge >= 0.3 is 0 Å². The van der Waals surface area contributed by atoms with Crippen LogP contribution in [0.1, 0.15) is 25.8 Å². The van der Waals surface area contributed by atoms with Crippen molar-refractivity contribution in [2.24, 2.45) is 0 Å². The highest BCUT2D eigenvalue weighted by atomic mass is 79.9. The Morgan fingerprint density at radius 3 is 2.71 bits per heavy atom. The summed E-state index contributed by atoms with van der Waals surface area (Å²) in [7, 11) is 0. The molecule has 0 aromatic carbocycles. The number of ether oxygens (including phenoxy) is 1. The summed E-state index contributed by atoms with van der Waals surface area (Å²) in [6, 6.07) is 2.15. The van der Waals surface area contributed by atoms with Gasteiger partial charge in [-0.2, -0.15) is 0 Å². The second-order valence-electron chi connectivity index (χ2n) is 3.19. The van der Waals surface area contributed by atoms with Crippen molar-refractivity contribution in [1.82, 2.24) is 0 Å². The van der Waals surface area contributed by atoms with Gasteiger partial charge in [0.2, 0.25) is 0 Å². The number of hydrogen-bond acceptors (Lipinski definition) is 2. The standard InChI is InChI=1S/C10H14Br2OS/c1-3-7(2)13-5-4-8-6-9(11)14-10(8)12/h6-7H,3-5H2,1-2H3/t7-/m0/s1. The summed E-state index contributed by atoms with van der Waals surface area (Å²) in [6.45, 7) is 5.05. The number of thiophene rings is 1. The van der Waals surface area contributed by atoms with E-state index in [1.165, 1.54) is 13.1 Å². The zero-order chi connectivity index (χ0) is 10.6. The molecule has 0 fully saturated rings. The molecule has 0 aliphatic carbocycles. The van der Waals surface area contributed by atoms with Crippen LogP contribution in [0, 0.1) is 0 Å². The van der Waals surface area contributed by atoms with Crippen LogP contribution in [-0.2, 0) is 11.2 Å². The maximum atomic E-state index is 5.63. The monoisotopic (exact) mass is 340 g/mol. The van der Waals surface area contributed by atoms with Crippen LogP contribution in [-0.4, -0.2) is 12.7 Å². The molecule has 14 heavy (non-hydrogen) atoms. The second kappa shape index (κ2) is 6.26. The third-order valence-corrected chi connectivity index (χ3v) is 4.54. The molecule has 4 heteroatoms. The molecule has 0 saturated heterocycles. The highest BCUT2D eigenvalue weighted by molar-refractivity contribution is 9.12. The van der Waals surface area contributed by atoms with Gasteiger partial charge in [-0.05, 0) is 63.3 Å². The maximum absolute atomic E-state index is 5.63. The Labute approximate surface area is 106 Å². The first-order valence-electron chi connectivity index (χ1n) is 4.68. The van der Waals surface area contributed by atoms with E-state index in [-0.39, 0.29) is 0 Å². The van der Waals surface area contributed by atoms with Crippen molar-refractivity contribution >= 4 is 43.2 Å². The van der Waals surface area contributed by atoms with Gasteiger partial charge in [-0.1, -0.05) is 6.92 Å². The lowest BCUT2D eigenvalue weighted by Crippen LogP contribution is -2.08. The van der Waals surface area contributed by atoms with Crippen LogP contribution in [0.2, 0.25) is 0 Å². The summed E-state index contributed by atoms with van der Waals surface area (Å²) >= 11 is 8.71. The molecule has 1 nitrogen and oxygen atoms in total. The van der Waals surface area contributed by atoms with Gasteiger partial charge in [-0.25, -0.2) is 0 Å². The topological polar surface area (TPSA) is 9.23 Å². The SMILES string of the molecule is CC[C@H](C)OCCc1cc(Br)sc1Br. The van der Waals surface area contributed by atoms with Crippen molar-refractivity contribution in [3.05, 3.63) is 19.2 Å². The third kappa shape index (κ3) is 4.01. The summed E-state index contributed by atoms with van der Waals surface area (Å²) in [5, 5.41) is 0. The van der Waals surface area contributed by atoms with Crippen molar-refractivity contribution in [2.45, 2.75) is 32.8 Å². The molecule has 0 unspecified atom stereocenters. The highest BCUT2D eigenvalue weighted by Gasteiger charge is 2.05. The van der Waals surface area contributed by atoms with Gasteiger partial charge in [0.05, 0.1) is 20.3 Å². The van der Waals surface area contributed by atoms with Crippen molar-refractivity contribution in [2.75, 3.05) is 6.61 Å². The molecule has 0 amide bonds. The van der Waals surface area contributed by atoms with Crippen LogP contribution in [0.3, 0.4) is 0 Å².